The summed E-state index contributed by atoms with van der Waals surface area (Å²) in [5, 5.41) is 8.84. The summed E-state index contributed by atoms with van der Waals surface area (Å²) in [5.74, 6) is -0.330. The van der Waals surface area contributed by atoms with Gasteiger partial charge in [-0.05, 0) is 45.1 Å². The molecule has 0 aromatic rings. The van der Waals surface area contributed by atoms with Crippen LogP contribution in [0.1, 0.15) is 32.6 Å². The molecule has 116 valence electrons. The van der Waals surface area contributed by atoms with Crippen LogP contribution in [0.5, 0.6) is 0 Å². The summed E-state index contributed by atoms with van der Waals surface area (Å²) < 4.78 is 0. The van der Waals surface area contributed by atoms with Gasteiger partial charge in [0.2, 0.25) is 5.91 Å². The summed E-state index contributed by atoms with van der Waals surface area (Å²) in [6.07, 6.45) is 3.86. The molecule has 0 aromatic carbocycles. The largest absolute Gasteiger partial charge is 0.351 e. The fourth-order valence-corrected chi connectivity index (χ4v) is 3.19. The lowest BCUT2D eigenvalue weighted by Gasteiger charge is -2.25. The predicted octanol–water partition coefficient (Wildman–Crippen LogP) is -0.425. The van der Waals surface area contributed by atoms with Crippen LogP contribution in [0.2, 0.25) is 0 Å². The Labute approximate surface area is 123 Å². The smallest absolute Gasteiger partial charge is 0.325 e. The van der Waals surface area contributed by atoms with Crippen LogP contribution in [0.4, 0.5) is 4.79 Å². The fourth-order valence-electron chi connectivity index (χ4n) is 3.19. The van der Waals surface area contributed by atoms with E-state index in [2.05, 4.69) is 16.0 Å². The molecule has 2 aliphatic heterocycles. The van der Waals surface area contributed by atoms with Crippen molar-refractivity contribution >= 4 is 17.8 Å². The fraction of sp³-hybridized carbons (Fsp3) is 0.786. The molecular formula is C14H22N4O3. The maximum atomic E-state index is 12.4. The van der Waals surface area contributed by atoms with Gasteiger partial charge < -0.3 is 16.0 Å². The summed E-state index contributed by atoms with van der Waals surface area (Å²) in [6.45, 7) is 3.28. The Kier molecular flexibility index (Phi) is 3.61. The van der Waals surface area contributed by atoms with Gasteiger partial charge in [-0.3, -0.25) is 14.5 Å². The van der Waals surface area contributed by atoms with Gasteiger partial charge >= 0.3 is 6.03 Å². The molecule has 7 heteroatoms. The summed E-state index contributed by atoms with van der Waals surface area (Å²) in [4.78, 5) is 37.4. The van der Waals surface area contributed by atoms with Crippen molar-refractivity contribution in [2.45, 2.75) is 44.2 Å². The van der Waals surface area contributed by atoms with Gasteiger partial charge in [0.05, 0.1) is 0 Å². The SMILES string of the molecule is CC1(C2CC2)NC(=O)N(CC(=O)N[C@H]2CCCNC2)C1=O. The molecule has 1 saturated carbocycles. The topological polar surface area (TPSA) is 90.5 Å². The third-order valence-electron chi connectivity index (χ3n) is 4.66. The number of piperidine rings is 1. The van der Waals surface area contributed by atoms with Crippen molar-refractivity contribution in [1.82, 2.24) is 20.9 Å². The van der Waals surface area contributed by atoms with E-state index in [0.29, 0.717) is 0 Å². The highest BCUT2D eigenvalue weighted by Gasteiger charge is 2.56. The first-order chi connectivity index (χ1) is 10.0. The van der Waals surface area contributed by atoms with Gasteiger partial charge in [-0.1, -0.05) is 0 Å². The minimum Gasteiger partial charge on any atom is -0.351 e. The van der Waals surface area contributed by atoms with E-state index in [1.165, 1.54) is 0 Å². The molecule has 0 spiro atoms. The summed E-state index contributed by atoms with van der Waals surface area (Å²) in [7, 11) is 0. The molecule has 0 radical (unpaired) electrons. The van der Waals surface area contributed by atoms with Crippen LogP contribution < -0.4 is 16.0 Å². The van der Waals surface area contributed by atoms with Gasteiger partial charge in [0.15, 0.2) is 0 Å². The van der Waals surface area contributed by atoms with Crippen molar-refractivity contribution in [3.05, 3.63) is 0 Å². The zero-order valence-corrected chi connectivity index (χ0v) is 12.3. The molecule has 1 aliphatic carbocycles. The van der Waals surface area contributed by atoms with E-state index in [0.717, 1.165) is 43.7 Å². The number of urea groups is 1. The molecule has 0 bridgehead atoms. The second kappa shape index (κ2) is 5.29. The molecule has 2 saturated heterocycles. The number of rotatable bonds is 4. The Hall–Kier alpha value is -1.63. The first kappa shape index (κ1) is 14.3. The molecule has 3 aliphatic rings. The summed E-state index contributed by atoms with van der Waals surface area (Å²) >= 11 is 0. The number of nitrogens with one attached hydrogen (secondary N) is 3. The number of nitrogens with zero attached hydrogens (tertiary/aromatic N) is 1. The van der Waals surface area contributed by atoms with Crippen LogP contribution in [-0.2, 0) is 9.59 Å². The summed E-state index contributed by atoms with van der Waals surface area (Å²) in [6, 6.07) is -0.367. The molecule has 3 rings (SSSR count). The standard InChI is InChI=1S/C14H22N4O3/c1-14(9-4-5-9)12(20)18(13(21)17-14)8-11(19)16-10-3-2-6-15-7-10/h9-10,15H,2-8H2,1H3,(H,16,19)(H,17,21)/t10-,14?/m0/s1. The zero-order chi connectivity index (χ0) is 15.0. The van der Waals surface area contributed by atoms with Crippen LogP contribution in [-0.4, -0.2) is 54.0 Å². The second-order valence-electron chi connectivity index (χ2n) is 6.41. The van der Waals surface area contributed by atoms with E-state index in [1.54, 1.807) is 6.92 Å². The monoisotopic (exact) mass is 294 g/mol. The van der Waals surface area contributed by atoms with E-state index in [-0.39, 0.29) is 30.3 Å². The number of hydrogen-bond donors (Lipinski definition) is 3. The normalized spacial score (nSPS) is 33.0. The third-order valence-corrected chi connectivity index (χ3v) is 4.66. The van der Waals surface area contributed by atoms with Crippen LogP contribution in [0, 0.1) is 5.92 Å². The van der Waals surface area contributed by atoms with Crippen LogP contribution in [0.3, 0.4) is 0 Å². The molecule has 3 fully saturated rings. The van der Waals surface area contributed by atoms with Crippen molar-refractivity contribution in [1.29, 1.82) is 0 Å². The van der Waals surface area contributed by atoms with E-state index in [9.17, 15) is 14.4 Å². The molecule has 7 nitrogen and oxygen atoms in total. The molecular weight excluding hydrogens is 272 g/mol. The third kappa shape index (κ3) is 2.74. The van der Waals surface area contributed by atoms with Gasteiger partial charge in [-0.2, -0.15) is 0 Å². The highest BCUT2D eigenvalue weighted by Crippen LogP contribution is 2.42. The van der Waals surface area contributed by atoms with Crippen molar-refractivity contribution in [2.75, 3.05) is 19.6 Å². The van der Waals surface area contributed by atoms with Crippen LogP contribution in [0.25, 0.3) is 0 Å². The Bertz CT molecular complexity index is 471. The lowest BCUT2D eigenvalue weighted by Crippen LogP contribution is -2.50. The van der Waals surface area contributed by atoms with Gasteiger partial charge in [0, 0.05) is 12.6 Å². The molecule has 3 N–H and O–H groups in total. The first-order valence-corrected chi connectivity index (χ1v) is 7.65. The van der Waals surface area contributed by atoms with Gasteiger partial charge in [0.1, 0.15) is 12.1 Å². The predicted molar refractivity (Wildman–Crippen MR) is 75.4 cm³/mol. The molecule has 2 atom stereocenters. The van der Waals surface area contributed by atoms with Crippen molar-refractivity contribution in [3.63, 3.8) is 0 Å². The maximum Gasteiger partial charge on any atom is 0.325 e. The molecule has 0 aromatic heterocycles. The first-order valence-electron chi connectivity index (χ1n) is 7.65. The van der Waals surface area contributed by atoms with Crippen LogP contribution >= 0.6 is 0 Å². The van der Waals surface area contributed by atoms with E-state index >= 15 is 0 Å². The average molecular weight is 294 g/mol. The Morgan fingerprint density at radius 3 is 2.76 bits per heavy atom. The molecule has 21 heavy (non-hydrogen) atoms. The maximum absolute atomic E-state index is 12.4. The quantitative estimate of drug-likeness (QED) is 0.614. The van der Waals surface area contributed by atoms with E-state index < -0.39 is 11.6 Å². The number of imide groups is 1. The van der Waals surface area contributed by atoms with Gasteiger partial charge in [-0.25, -0.2) is 4.79 Å². The van der Waals surface area contributed by atoms with E-state index in [4.69, 9.17) is 0 Å². The van der Waals surface area contributed by atoms with Crippen molar-refractivity contribution in [2.24, 2.45) is 5.92 Å². The minimum atomic E-state index is -0.816. The molecule has 1 unspecified atom stereocenters. The second-order valence-corrected chi connectivity index (χ2v) is 6.41. The number of hydrogen-bond acceptors (Lipinski definition) is 4. The highest BCUT2D eigenvalue weighted by molar-refractivity contribution is 6.09. The number of carbonyl (C=O) groups excluding carboxylic acids is 3. The van der Waals surface area contributed by atoms with Crippen LogP contribution in [0.15, 0.2) is 0 Å². The number of amides is 4. The average Bonchev–Trinajstić information content (AvgIpc) is 3.26. The van der Waals surface area contributed by atoms with E-state index in [1.807, 2.05) is 0 Å². The lowest BCUT2D eigenvalue weighted by molar-refractivity contribution is -0.135. The Balaban J connectivity index is 1.57. The Morgan fingerprint density at radius 2 is 2.14 bits per heavy atom. The van der Waals surface area contributed by atoms with Crippen molar-refractivity contribution in [3.8, 4) is 0 Å². The zero-order valence-electron chi connectivity index (χ0n) is 12.3. The number of carbonyl (C=O) groups is 3. The highest BCUT2D eigenvalue weighted by atomic mass is 16.2. The minimum absolute atomic E-state index is 0.0850. The van der Waals surface area contributed by atoms with Gasteiger partial charge in [-0.15, -0.1) is 0 Å². The lowest BCUT2D eigenvalue weighted by atomic mass is 9.96. The van der Waals surface area contributed by atoms with Crippen molar-refractivity contribution < 1.29 is 14.4 Å². The molecule has 4 amide bonds. The molecule has 2 heterocycles. The van der Waals surface area contributed by atoms with Gasteiger partial charge in [0.25, 0.3) is 5.91 Å². The summed E-state index contributed by atoms with van der Waals surface area (Å²) in [5.41, 5.74) is -0.816. The Morgan fingerprint density at radius 1 is 1.38 bits per heavy atom.